The number of ether oxygens (including phenoxy) is 1. The molecule has 0 aliphatic heterocycles. The maximum atomic E-state index is 12.4. The van der Waals surface area contributed by atoms with E-state index in [1.807, 2.05) is 17.7 Å². The molecule has 0 aliphatic rings. The molecule has 6 nitrogen and oxygen atoms in total. The molecule has 0 bridgehead atoms. The zero-order valence-electron chi connectivity index (χ0n) is 12.2. The number of anilines is 1. The first-order valence-electron chi connectivity index (χ1n) is 6.60. The Morgan fingerprint density at radius 3 is 2.86 bits per heavy atom. The van der Waals surface area contributed by atoms with Crippen molar-refractivity contribution in [1.82, 2.24) is 14.5 Å². The molecule has 0 saturated heterocycles. The molecule has 1 amide bonds. The average molecular weight is 353 g/mol. The van der Waals surface area contributed by atoms with Crippen LogP contribution in [0.1, 0.15) is 29.5 Å². The molecule has 112 valence electrons. The Hall–Kier alpha value is -1.89. The van der Waals surface area contributed by atoms with Crippen molar-refractivity contribution in [1.29, 1.82) is 0 Å². The predicted octanol–water partition coefficient (Wildman–Crippen LogP) is 3.02. The van der Waals surface area contributed by atoms with Gasteiger partial charge in [-0.25, -0.2) is 4.98 Å². The van der Waals surface area contributed by atoms with E-state index in [0.717, 1.165) is 23.1 Å². The normalized spacial score (nSPS) is 10.5. The molecule has 1 N–H and O–H groups in total. The number of nitrogens with one attached hydrogen (secondary N) is 1. The minimum absolute atomic E-state index is 0.234. The number of carbonyl (C=O) groups is 1. The Bertz CT molecular complexity index is 654. The van der Waals surface area contributed by atoms with E-state index in [1.165, 1.54) is 7.11 Å². The number of hydrogen-bond donors (Lipinski definition) is 1. The third-order valence-corrected chi connectivity index (χ3v) is 3.26. The highest BCUT2D eigenvalue weighted by molar-refractivity contribution is 9.10. The number of aromatic nitrogens is 3. The molecule has 21 heavy (non-hydrogen) atoms. The lowest BCUT2D eigenvalue weighted by atomic mass is 10.4. The molecular weight excluding hydrogens is 336 g/mol. The van der Waals surface area contributed by atoms with E-state index < -0.39 is 0 Å². The van der Waals surface area contributed by atoms with Crippen molar-refractivity contribution in [3.63, 3.8) is 0 Å². The summed E-state index contributed by atoms with van der Waals surface area (Å²) in [6, 6.07) is 3.48. The highest BCUT2D eigenvalue weighted by Gasteiger charge is 2.14. The van der Waals surface area contributed by atoms with Crippen LogP contribution in [0, 0.1) is 6.92 Å². The van der Waals surface area contributed by atoms with Gasteiger partial charge in [-0.05, 0) is 35.3 Å². The summed E-state index contributed by atoms with van der Waals surface area (Å²) in [5.74, 6) is 0.405. The summed E-state index contributed by atoms with van der Waals surface area (Å²) in [7, 11) is 1.52. The number of aryl methyl sites for hydroxylation is 2. The highest BCUT2D eigenvalue weighted by atomic mass is 79.9. The SMILES string of the molecule is CCCn1cc(Br)cc1C(=O)Nc1nc(C)cc(OC)n1. The van der Waals surface area contributed by atoms with Gasteiger partial charge in [-0.1, -0.05) is 6.92 Å². The van der Waals surface area contributed by atoms with Crippen LogP contribution in [0.25, 0.3) is 0 Å². The minimum Gasteiger partial charge on any atom is -0.481 e. The average Bonchev–Trinajstić information content (AvgIpc) is 2.79. The maximum absolute atomic E-state index is 12.4. The van der Waals surface area contributed by atoms with E-state index in [9.17, 15) is 4.79 Å². The fourth-order valence-corrected chi connectivity index (χ4v) is 2.42. The van der Waals surface area contributed by atoms with Crippen LogP contribution in [0.15, 0.2) is 22.8 Å². The lowest BCUT2D eigenvalue weighted by molar-refractivity contribution is 0.101. The molecule has 0 saturated carbocycles. The second kappa shape index (κ2) is 6.71. The van der Waals surface area contributed by atoms with Gasteiger partial charge in [0, 0.05) is 29.0 Å². The summed E-state index contributed by atoms with van der Waals surface area (Å²) in [5, 5.41) is 2.70. The van der Waals surface area contributed by atoms with Crippen LogP contribution in [0.4, 0.5) is 5.95 Å². The molecule has 2 aromatic heterocycles. The van der Waals surface area contributed by atoms with Crippen LogP contribution >= 0.6 is 15.9 Å². The van der Waals surface area contributed by atoms with Crippen molar-refractivity contribution in [2.75, 3.05) is 12.4 Å². The number of methoxy groups -OCH3 is 1. The van der Waals surface area contributed by atoms with Gasteiger partial charge in [0.2, 0.25) is 11.8 Å². The van der Waals surface area contributed by atoms with E-state index in [2.05, 4.69) is 38.1 Å². The number of halogens is 1. The first-order valence-corrected chi connectivity index (χ1v) is 7.39. The van der Waals surface area contributed by atoms with E-state index in [4.69, 9.17) is 4.74 Å². The number of carbonyl (C=O) groups excluding carboxylic acids is 1. The number of nitrogens with zero attached hydrogens (tertiary/aromatic N) is 3. The van der Waals surface area contributed by atoms with E-state index in [0.29, 0.717) is 11.6 Å². The summed E-state index contributed by atoms with van der Waals surface area (Å²) < 4.78 is 7.83. The number of amides is 1. The van der Waals surface area contributed by atoms with Crippen LogP contribution in [-0.2, 0) is 6.54 Å². The van der Waals surface area contributed by atoms with Crippen LogP contribution < -0.4 is 10.1 Å². The first kappa shape index (κ1) is 15.5. The minimum atomic E-state index is -0.248. The monoisotopic (exact) mass is 352 g/mol. The molecule has 0 aliphatic carbocycles. The van der Waals surface area contributed by atoms with Gasteiger partial charge < -0.3 is 9.30 Å². The third kappa shape index (κ3) is 3.81. The molecule has 2 aromatic rings. The van der Waals surface area contributed by atoms with Gasteiger partial charge in [-0.3, -0.25) is 10.1 Å². The molecule has 0 unspecified atom stereocenters. The van der Waals surface area contributed by atoms with Crippen LogP contribution in [0.2, 0.25) is 0 Å². The largest absolute Gasteiger partial charge is 0.481 e. The summed E-state index contributed by atoms with van der Waals surface area (Å²) in [6.07, 6.45) is 2.83. The van der Waals surface area contributed by atoms with Gasteiger partial charge in [0.1, 0.15) is 5.69 Å². The van der Waals surface area contributed by atoms with Crippen molar-refractivity contribution in [3.8, 4) is 5.88 Å². The maximum Gasteiger partial charge on any atom is 0.274 e. The molecule has 0 aromatic carbocycles. The predicted molar refractivity (Wildman–Crippen MR) is 83.7 cm³/mol. The summed E-state index contributed by atoms with van der Waals surface area (Å²) >= 11 is 3.39. The van der Waals surface area contributed by atoms with Crippen molar-refractivity contribution in [3.05, 3.63) is 34.2 Å². The zero-order valence-corrected chi connectivity index (χ0v) is 13.8. The summed E-state index contributed by atoms with van der Waals surface area (Å²) in [6.45, 7) is 4.65. The van der Waals surface area contributed by atoms with Crippen molar-refractivity contribution < 1.29 is 9.53 Å². The smallest absolute Gasteiger partial charge is 0.274 e. The Labute approximate surface area is 131 Å². The van der Waals surface area contributed by atoms with Crippen molar-refractivity contribution >= 4 is 27.8 Å². The fourth-order valence-electron chi connectivity index (χ4n) is 1.96. The first-order chi connectivity index (χ1) is 10.0. The number of rotatable bonds is 5. The Balaban J connectivity index is 2.23. The fraction of sp³-hybridized carbons (Fsp3) is 0.357. The molecular formula is C14H17BrN4O2. The molecule has 0 radical (unpaired) electrons. The van der Waals surface area contributed by atoms with Crippen molar-refractivity contribution in [2.24, 2.45) is 0 Å². The van der Waals surface area contributed by atoms with Crippen LogP contribution in [0.3, 0.4) is 0 Å². The molecule has 0 atom stereocenters. The summed E-state index contributed by atoms with van der Waals surface area (Å²) in [5.41, 5.74) is 1.29. The lowest BCUT2D eigenvalue weighted by Gasteiger charge is -2.09. The highest BCUT2D eigenvalue weighted by Crippen LogP contribution is 2.17. The zero-order chi connectivity index (χ0) is 15.4. The third-order valence-electron chi connectivity index (χ3n) is 2.83. The van der Waals surface area contributed by atoms with Gasteiger partial charge in [0.25, 0.3) is 5.91 Å². The Morgan fingerprint density at radius 1 is 1.43 bits per heavy atom. The second-order valence-electron chi connectivity index (χ2n) is 4.57. The van der Waals surface area contributed by atoms with E-state index in [-0.39, 0.29) is 11.9 Å². The number of hydrogen-bond acceptors (Lipinski definition) is 4. The summed E-state index contributed by atoms with van der Waals surface area (Å²) in [4.78, 5) is 20.7. The Morgan fingerprint density at radius 2 is 2.19 bits per heavy atom. The van der Waals surface area contributed by atoms with Gasteiger partial charge >= 0.3 is 0 Å². The van der Waals surface area contributed by atoms with Gasteiger partial charge in [-0.2, -0.15) is 4.98 Å². The van der Waals surface area contributed by atoms with Gasteiger partial charge in [0.05, 0.1) is 7.11 Å². The Kier molecular flexibility index (Phi) is 4.95. The quantitative estimate of drug-likeness (QED) is 0.897. The van der Waals surface area contributed by atoms with E-state index >= 15 is 0 Å². The van der Waals surface area contributed by atoms with Crippen molar-refractivity contribution in [2.45, 2.75) is 26.8 Å². The van der Waals surface area contributed by atoms with E-state index in [1.54, 1.807) is 12.1 Å². The molecule has 0 spiro atoms. The van der Waals surface area contributed by atoms with Gasteiger partial charge in [0.15, 0.2) is 0 Å². The topological polar surface area (TPSA) is 69.0 Å². The van der Waals surface area contributed by atoms with Crippen LogP contribution in [-0.4, -0.2) is 27.6 Å². The van der Waals surface area contributed by atoms with Crippen LogP contribution in [0.5, 0.6) is 5.88 Å². The molecule has 2 heterocycles. The molecule has 7 heteroatoms. The lowest BCUT2D eigenvalue weighted by Crippen LogP contribution is -2.18. The standard InChI is InChI=1S/C14H17BrN4O2/c1-4-5-19-8-10(15)7-11(19)13(20)18-14-16-9(2)6-12(17-14)21-3/h6-8H,4-5H2,1-3H3,(H,16,17,18,20). The second-order valence-corrected chi connectivity index (χ2v) is 5.48. The molecule has 2 rings (SSSR count). The molecule has 0 fully saturated rings. The van der Waals surface area contributed by atoms with Gasteiger partial charge in [-0.15, -0.1) is 0 Å².